The molecule has 2 aliphatic rings. The molecule has 0 bridgehead atoms. The van der Waals surface area contributed by atoms with Gasteiger partial charge in [-0.3, -0.25) is 0 Å². The third-order valence-electron chi connectivity index (χ3n) is 4.19. The number of aromatic amines is 1. The summed E-state index contributed by atoms with van der Waals surface area (Å²) in [6, 6.07) is 6.09. The predicted octanol–water partition coefficient (Wildman–Crippen LogP) is 1.12. The monoisotopic (exact) mass is 268 g/mol. The molecule has 0 spiro atoms. The number of hydrogen-bond acceptors (Lipinski definition) is 2. The number of rotatable bonds is 1. The van der Waals surface area contributed by atoms with Gasteiger partial charge in [-0.05, 0) is 29.2 Å². The highest BCUT2D eigenvalue weighted by Crippen LogP contribution is 2.37. The Kier molecular flexibility index (Phi) is 2.37. The zero-order chi connectivity index (χ0) is 13.7. The smallest absolute Gasteiger partial charge is 0.312 e. The topological polar surface area (TPSA) is 82.9 Å². The van der Waals surface area contributed by atoms with E-state index in [-0.39, 0.29) is 6.04 Å². The lowest BCUT2D eigenvalue weighted by Crippen LogP contribution is -2.50. The molecule has 5 nitrogen and oxygen atoms in total. The Balaban J connectivity index is 1.84. The van der Waals surface area contributed by atoms with Gasteiger partial charge in [0, 0.05) is 29.7 Å². The molecule has 1 aromatic heterocycles. The average molecular weight is 268 g/mol. The first-order valence-corrected chi connectivity index (χ1v) is 6.83. The third-order valence-corrected chi connectivity index (χ3v) is 4.19. The lowest BCUT2D eigenvalue weighted by atomic mass is 9.82. The summed E-state index contributed by atoms with van der Waals surface area (Å²) in [5, 5.41) is 7.56. The van der Waals surface area contributed by atoms with Gasteiger partial charge in [0.1, 0.15) is 0 Å². The van der Waals surface area contributed by atoms with E-state index in [0.29, 0.717) is 12.6 Å². The van der Waals surface area contributed by atoms with Crippen molar-refractivity contribution >= 4 is 22.5 Å². The maximum atomic E-state index is 11.0. The van der Waals surface area contributed by atoms with Gasteiger partial charge in [-0.25, -0.2) is 4.79 Å². The van der Waals surface area contributed by atoms with E-state index in [9.17, 15) is 4.79 Å². The Morgan fingerprint density at radius 3 is 3.15 bits per heavy atom. The molecule has 102 valence electrons. The largest absolute Gasteiger partial charge is 0.361 e. The average Bonchev–Trinajstić information content (AvgIpc) is 2.84. The number of carbonyl (C=O) groups is 1. The summed E-state index contributed by atoms with van der Waals surface area (Å²) in [6.07, 6.45) is 5.21. The molecule has 20 heavy (non-hydrogen) atoms. The Hall–Kier alpha value is -2.27. The summed E-state index contributed by atoms with van der Waals surface area (Å²) in [5.41, 5.74) is 10.2. The van der Waals surface area contributed by atoms with E-state index >= 15 is 0 Å². The number of nitrogens with one attached hydrogen (secondary N) is 3. The number of H-pyrrole nitrogens is 1. The Labute approximate surface area is 116 Å². The van der Waals surface area contributed by atoms with Crippen LogP contribution in [0, 0.1) is 0 Å². The highest BCUT2D eigenvalue weighted by Gasteiger charge is 2.30. The summed E-state index contributed by atoms with van der Waals surface area (Å²) in [5.74, 6) is 0. The molecule has 5 heteroatoms. The summed E-state index contributed by atoms with van der Waals surface area (Å²) in [7, 11) is 0. The van der Waals surface area contributed by atoms with Gasteiger partial charge >= 0.3 is 6.03 Å². The van der Waals surface area contributed by atoms with E-state index in [0.717, 1.165) is 6.42 Å². The lowest BCUT2D eigenvalue weighted by molar-refractivity contribution is 0.246. The molecule has 5 N–H and O–H groups in total. The van der Waals surface area contributed by atoms with E-state index < -0.39 is 6.03 Å². The highest BCUT2D eigenvalue weighted by atomic mass is 16.2. The van der Waals surface area contributed by atoms with Crippen LogP contribution in [0.25, 0.3) is 16.5 Å². The first kappa shape index (κ1) is 11.5. The van der Waals surface area contributed by atoms with Crippen molar-refractivity contribution in [3.8, 4) is 0 Å². The normalized spacial score (nSPS) is 24.1. The number of nitrogens with two attached hydrogens (primary N) is 1. The van der Waals surface area contributed by atoms with Crippen molar-refractivity contribution in [2.45, 2.75) is 18.5 Å². The lowest BCUT2D eigenvalue weighted by Gasteiger charge is -2.33. The number of amides is 2. The van der Waals surface area contributed by atoms with Crippen LogP contribution in [0.4, 0.5) is 4.79 Å². The van der Waals surface area contributed by atoms with Crippen LogP contribution in [-0.4, -0.2) is 29.6 Å². The summed E-state index contributed by atoms with van der Waals surface area (Å²) in [4.78, 5) is 14.4. The predicted molar refractivity (Wildman–Crippen MR) is 78.3 cm³/mol. The molecule has 0 fully saturated rings. The second kappa shape index (κ2) is 4.11. The molecular weight excluding hydrogens is 252 g/mol. The van der Waals surface area contributed by atoms with Gasteiger partial charge in [-0.1, -0.05) is 18.2 Å². The number of urea groups is 1. The van der Waals surface area contributed by atoms with Gasteiger partial charge in [0.25, 0.3) is 0 Å². The molecule has 0 radical (unpaired) electrons. The fourth-order valence-electron chi connectivity index (χ4n) is 3.38. The van der Waals surface area contributed by atoms with Crippen molar-refractivity contribution in [2.75, 3.05) is 6.54 Å². The molecule has 1 aromatic carbocycles. The first-order valence-electron chi connectivity index (χ1n) is 6.83. The first-order chi connectivity index (χ1) is 9.72. The van der Waals surface area contributed by atoms with E-state index in [4.69, 9.17) is 5.73 Å². The molecule has 4 rings (SSSR count). The van der Waals surface area contributed by atoms with Gasteiger partial charge in [-0.2, -0.15) is 0 Å². The molecule has 0 saturated heterocycles. The number of benzene rings is 1. The minimum absolute atomic E-state index is 0.0468. The van der Waals surface area contributed by atoms with Gasteiger partial charge in [0.2, 0.25) is 0 Å². The molecule has 2 heterocycles. The van der Waals surface area contributed by atoms with E-state index in [2.05, 4.69) is 46.1 Å². The molecule has 1 aliphatic carbocycles. The summed E-state index contributed by atoms with van der Waals surface area (Å²) in [6.45, 7) is 0.715. The van der Waals surface area contributed by atoms with Crippen LogP contribution in [-0.2, 0) is 6.42 Å². The third kappa shape index (κ3) is 1.63. The molecule has 2 amide bonds. The Morgan fingerprint density at radius 2 is 2.30 bits per heavy atom. The van der Waals surface area contributed by atoms with Crippen molar-refractivity contribution < 1.29 is 4.79 Å². The quantitative estimate of drug-likeness (QED) is 0.625. The molecule has 2 atom stereocenters. The summed E-state index contributed by atoms with van der Waals surface area (Å²) >= 11 is 0. The molecule has 1 aliphatic heterocycles. The fraction of sp³-hybridized carbons (Fsp3) is 0.267. The zero-order valence-electron chi connectivity index (χ0n) is 10.9. The van der Waals surface area contributed by atoms with Crippen LogP contribution in [0.15, 0.2) is 30.5 Å². The SMILES string of the molecule is NC(=O)NC1C=C2c3cccc4[nH]cc(c34)C[C@H]2NC1. The van der Waals surface area contributed by atoms with Gasteiger partial charge in [0.15, 0.2) is 0 Å². The van der Waals surface area contributed by atoms with Crippen LogP contribution in [0.3, 0.4) is 0 Å². The number of aromatic nitrogens is 1. The van der Waals surface area contributed by atoms with Crippen molar-refractivity contribution in [3.63, 3.8) is 0 Å². The minimum atomic E-state index is -0.483. The fourth-order valence-corrected chi connectivity index (χ4v) is 3.38. The molecular formula is C15H16N4O. The van der Waals surface area contributed by atoms with Crippen LogP contribution >= 0.6 is 0 Å². The van der Waals surface area contributed by atoms with Crippen molar-refractivity contribution in [2.24, 2.45) is 5.73 Å². The van der Waals surface area contributed by atoms with Gasteiger partial charge < -0.3 is 21.4 Å². The maximum Gasteiger partial charge on any atom is 0.312 e. The number of hydrogen-bond donors (Lipinski definition) is 4. The van der Waals surface area contributed by atoms with E-state index in [1.807, 2.05) is 0 Å². The Morgan fingerprint density at radius 1 is 1.40 bits per heavy atom. The molecule has 2 aromatic rings. The second-order valence-corrected chi connectivity index (χ2v) is 5.44. The van der Waals surface area contributed by atoms with Crippen molar-refractivity contribution in [3.05, 3.63) is 41.6 Å². The number of fused-ring (bicyclic) bond motifs is 2. The minimum Gasteiger partial charge on any atom is -0.361 e. The van der Waals surface area contributed by atoms with Crippen LogP contribution < -0.4 is 16.4 Å². The molecule has 0 saturated carbocycles. The van der Waals surface area contributed by atoms with Gasteiger partial charge in [0.05, 0.1) is 6.04 Å². The van der Waals surface area contributed by atoms with E-state index in [1.165, 1.54) is 27.6 Å². The van der Waals surface area contributed by atoms with E-state index in [1.54, 1.807) is 0 Å². The van der Waals surface area contributed by atoms with Crippen molar-refractivity contribution in [1.82, 2.24) is 15.6 Å². The van der Waals surface area contributed by atoms with Gasteiger partial charge in [-0.15, -0.1) is 0 Å². The maximum absolute atomic E-state index is 11.0. The number of carbonyl (C=O) groups excluding carboxylic acids is 1. The standard InChI is InChI=1S/C15H16N4O/c16-15(20)19-9-5-11-10-2-1-3-12-14(10)8(6-17-12)4-13(11)18-7-9/h1-3,5-6,9,13,17-18H,4,7H2,(H3,16,19,20)/t9?,13-/m1/s1. The van der Waals surface area contributed by atoms with Crippen LogP contribution in [0.2, 0.25) is 0 Å². The second-order valence-electron chi connectivity index (χ2n) is 5.44. The highest BCUT2D eigenvalue weighted by molar-refractivity contribution is 5.98. The molecule has 1 unspecified atom stereocenters. The van der Waals surface area contributed by atoms with Crippen LogP contribution in [0.5, 0.6) is 0 Å². The van der Waals surface area contributed by atoms with Crippen LogP contribution in [0.1, 0.15) is 11.1 Å². The zero-order valence-corrected chi connectivity index (χ0v) is 10.9. The Bertz CT molecular complexity index is 731. The number of primary amides is 1. The summed E-state index contributed by atoms with van der Waals surface area (Å²) < 4.78 is 0. The van der Waals surface area contributed by atoms with Crippen molar-refractivity contribution in [1.29, 1.82) is 0 Å².